The number of rotatable bonds is 2. The van der Waals surface area contributed by atoms with Gasteiger partial charge in [0.05, 0.1) is 0 Å². The van der Waals surface area contributed by atoms with Crippen molar-refractivity contribution >= 4 is 6.08 Å². The predicted octanol–water partition coefficient (Wildman–Crippen LogP) is 4.21. The molecule has 0 atom stereocenters. The van der Waals surface area contributed by atoms with Crippen LogP contribution < -0.4 is 0 Å². The van der Waals surface area contributed by atoms with Crippen molar-refractivity contribution in [1.82, 2.24) is 0 Å². The number of allylic oxidation sites excluding steroid dienone is 3. The third-order valence-electron chi connectivity index (χ3n) is 1.88. The third-order valence-corrected chi connectivity index (χ3v) is 1.88. The Morgan fingerprint density at radius 3 is 2.27 bits per heavy atom. The fourth-order valence-corrected chi connectivity index (χ4v) is 0.962. The van der Waals surface area contributed by atoms with Gasteiger partial charge in [-0.05, 0) is 12.5 Å². The van der Waals surface area contributed by atoms with Gasteiger partial charge >= 0.3 is 6.18 Å². The van der Waals surface area contributed by atoms with Crippen LogP contribution in [0, 0.1) is 0 Å². The molecule has 0 aliphatic carbocycles. The largest absolute Gasteiger partial charge is 0.412 e. The van der Waals surface area contributed by atoms with Gasteiger partial charge in [0.2, 0.25) is 0 Å². The maximum absolute atomic E-state index is 12.1. The molecule has 0 aliphatic rings. The van der Waals surface area contributed by atoms with E-state index in [1.165, 1.54) is 6.08 Å². The molecule has 0 aromatic heterocycles. The van der Waals surface area contributed by atoms with Crippen molar-refractivity contribution in [3.8, 4) is 0 Å². The van der Waals surface area contributed by atoms with Crippen molar-refractivity contribution in [3.63, 3.8) is 0 Å². The highest BCUT2D eigenvalue weighted by Crippen LogP contribution is 2.24. The highest BCUT2D eigenvalue weighted by atomic mass is 19.4. The summed E-state index contributed by atoms with van der Waals surface area (Å²) in [5.74, 6) is 0. The van der Waals surface area contributed by atoms with Crippen LogP contribution in [0.3, 0.4) is 0 Å². The second kappa shape index (κ2) is 4.82. The SMILES string of the molecule is C/C(=C\C=C\c1ccccc1)C(F)(F)F. The monoisotopic (exact) mass is 212 g/mol. The Kier molecular flexibility index (Phi) is 3.72. The van der Waals surface area contributed by atoms with E-state index < -0.39 is 11.7 Å². The molecule has 1 aromatic carbocycles. The van der Waals surface area contributed by atoms with E-state index in [2.05, 4.69) is 0 Å². The number of hydrogen-bond acceptors (Lipinski definition) is 0. The highest BCUT2D eigenvalue weighted by Gasteiger charge is 2.29. The second-order valence-electron chi connectivity index (χ2n) is 3.12. The zero-order valence-electron chi connectivity index (χ0n) is 8.25. The van der Waals surface area contributed by atoms with Crippen LogP contribution in [0.25, 0.3) is 6.08 Å². The molecule has 0 radical (unpaired) electrons. The van der Waals surface area contributed by atoms with Crippen LogP contribution in [-0.2, 0) is 0 Å². The molecule has 0 bridgehead atoms. The molecule has 0 saturated carbocycles. The van der Waals surface area contributed by atoms with E-state index in [9.17, 15) is 13.2 Å². The molecular formula is C12H11F3. The molecule has 0 N–H and O–H groups in total. The van der Waals surface area contributed by atoms with E-state index in [1.807, 2.05) is 30.3 Å². The van der Waals surface area contributed by atoms with Gasteiger partial charge in [0.1, 0.15) is 0 Å². The van der Waals surface area contributed by atoms with Crippen molar-refractivity contribution in [2.75, 3.05) is 0 Å². The van der Waals surface area contributed by atoms with Crippen molar-refractivity contribution < 1.29 is 13.2 Å². The quantitative estimate of drug-likeness (QED) is 0.644. The molecule has 0 amide bonds. The molecular weight excluding hydrogens is 201 g/mol. The van der Waals surface area contributed by atoms with Gasteiger partial charge in [-0.3, -0.25) is 0 Å². The first-order chi connectivity index (χ1) is 7.00. The summed E-state index contributed by atoms with van der Waals surface area (Å²) >= 11 is 0. The summed E-state index contributed by atoms with van der Waals surface area (Å²) in [4.78, 5) is 0. The lowest BCUT2D eigenvalue weighted by Crippen LogP contribution is -2.08. The topological polar surface area (TPSA) is 0 Å². The first-order valence-corrected chi connectivity index (χ1v) is 4.47. The van der Waals surface area contributed by atoms with Crippen LogP contribution >= 0.6 is 0 Å². The Bertz CT molecular complexity index is 358. The van der Waals surface area contributed by atoms with E-state index in [1.54, 1.807) is 6.08 Å². The van der Waals surface area contributed by atoms with Gasteiger partial charge in [0, 0.05) is 5.57 Å². The molecule has 0 aliphatic heterocycles. The van der Waals surface area contributed by atoms with Crippen molar-refractivity contribution in [2.45, 2.75) is 13.1 Å². The Labute approximate surface area is 86.7 Å². The average Bonchev–Trinajstić information content (AvgIpc) is 2.18. The van der Waals surface area contributed by atoms with E-state index in [0.717, 1.165) is 18.6 Å². The van der Waals surface area contributed by atoms with E-state index >= 15 is 0 Å². The van der Waals surface area contributed by atoms with Gasteiger partial charge in [0.25, 0.3) is 0 Å². The van der Waals surface area contributed by atoms with Gasteiger partial charge in [-0.25, -0.2) is 0 Å². The van der Waals surface area contributed by atoms with Gasteiger partial charge in [0.15, 0.2) is 0 Å². The molecule has 0 heterocycles. The summed E-state index contributed by atoms with van der Waals surface area (Å²) in [7, 11) is 0. The molecule has 1 rings (SSSR count). The minimum absolute atomic E-state index is 0.602. The molecule has 80 valence electrons. The van der Waals surface area contributed by atoms with Crippen LogP contribution in [0.4, 0.5) is 13.2 Å². The zero-order chi connectivity index (χ0) is 11.3. The molecule has 0 unspecified atom stereocenters. The second-order valence-corrected chi connectivity index (χ2v) is 3.12. The van der Waals surface area contributed by atoms with Crippen LogP contribution in [-0.4, -0.2) is 6.18 Å². The van der Waals surface area contributed by atoms with Gasteiger partial charge in [-0.2, -0.15) is 13.2 Å². The zero-order valence-corrected chi connectivity index (χ0v) is 8.25. The first kappa shape index (κ1) is 11.6. The fourth-order valence-electron chi connectivity index (χ4n) is 0.962. The molecule has 0 saturated heterocycles. The Hall–Kier alpha value is -1.51. The van der Waals surface area contributed by atoms with Gasteiger partial charge < -0.3 is 0 Å². The van der Waals surface area contributed by atoms with Gasteiger partial charge in [-0.15, -0.1) is 0 Å². The molecule has 1 aromatic rings. The standard InChI is InChI=1S/C12H11F3/c1-10(12(13,14)15)6-5-9-11-7-3-2-4-8-11/h2-9H,1H3/b9-5+,10-6+. The third kappa shape index (κ3) is 4.02. The van der Waals surface area contributed by atoms with Crippen LogP contribution in [0.15, 0.2) is 48.1 Å². The Morgan fingerprint density at radius 2 is 1.73 bits per heavy atom. The van der Waals surface area contributed by atoms with Gasteiger partial charge in [-0.1, -0.05) is 48.6 Å². The van der Waals surface area contributed by atoms with Crippen LogP contribution in [0.5, 0.6) is 0 Å². The Morgan fingerprint density at radius 1 is 1.13 bits per heavy atom. The number of halogens is 3. The summed E-state index contributed by atoms with van der Waals surface area (Å²) in [6.07, 6.45) is -0.137. The number of benzene rings is 1. The minimum Gasteiger partial charge on any atom is -0.166 e. The predicted molar refractivity (Wildman–Crippen MR) is 55.3 cm³/mol. The lowest BCUT2D eigenvalue weighted by atomic mass is 10.2. The molecule has 15 heavy (non-hydrogen) atoms. The van der Waals surface area contributed by atoms with Crippen molar-refractivity contribution in [1.29, 1.82) is 0 Å². The summed E-state index contributed by atoms with van der Waals surface area (Å²) in [5, 5.41) is 0. The maximum atomic E-state index is 12.1. The Balaban J connectivity index is 2.69. The minimum atomic E-state index is -4.24. The number of alkyl halides is 3. The number of hydrogen-bond donors (Lipinski definition) is 0. The maximum Gasteiger partial charge on any atom is 0.412 e. The summed E-state index contributed by atoms with van der Waals surface area (Å²) in [6, 6.07) is 9.18. The van der Waals surface area contributed by atoms with Crippen molar-refractivity contribution in [3.05, 3.63) is 53.6 Å². The first-order valence-electron chi connectivity index (χ1n) is 4.47. The molecule has 0 spiro atoms. The molecule has 0 nitrogen and oxygen atoms in total. The summed E-state index contributed by atoms with van der Waals surface area (Å²) in [6.45, 7) is 1.05. The highest BCUT2D eigenvalue weighted by molar-refractivity contribution is 5.51. The lowest BCUT2D eigenvalue weighted by molar-refractivity contribution is -0.0912. The van der Waals surface area contributed by atoms with Crippen molar-refractivity contribution in [2.24, 2.45) is 0 Å². The lowest BCUT2D eigenvalue weighted by Gasteiger charge is -2.03. The van der Waals surface area contributed by atoms with E-state index in [0.29, 0.717) is 0 Å². The summed E-state index contributed by atoms with van der Waals surface area (Å²) in [5.41, 5.74) is 0.276. The van der Waals surface area contributed by atoms with E-state index in [-0.39, 0.29) is 0 Å². The average molecular weight is 212 g/mol. The van der Waals surface area contributed by atoms with E-state index in [4.69, 9.17) is 0 Å². The fraction of sp³-hybridized carbons (Fsp3) is 0.167. The smallest absolute Gasteiger partial charge is 0.166 e. The summed E-state index contributed by atoms with van der Waals surface area (Å²) < 4.78 is 36.2. The molecule has 0 fully saturated rings. The van der Waals surface area contributed by atoms with Crippen LogP contribution in [0.2, 0.25) is 0 Å². The van der Waals surface area contributed by atoms with Crippen LogP contribution in [0.1, 0.15) is 12.5 Å². The molecule has 3 heteroatoms. The normalized spacial score (nSPS) is 13.5.